The van der Waals surface area contributed by atoms with E-state index < -0.39 is 5.82 Å². The molecule has 0 radical (unpaired) electrons. The van der Waals surface area contributed by atoms with Crippen molar-refractivity contribution < 1.29 is 4.39 Å². The van der Waals surface area contributed by atoms with Crippen LogP contribution in [0.3, 0.4) is 0 Å². The predicted octanol–water partition coefficient (Wildman–Crippen LogP) is 4.23. The van der Waals surface area contributed by atoms with E-state index in [1.165, 1.54) is 5.56 Å². The molecule has 0 amide bonds. The summed E-state index contributed by atoms with van der Waals surface area (Å²) < 4.78 is 14.0. The molecule has 6 bridgehead atoms. The summed E-state index contributed by atoms with van der Waals surface area (Å²) in [4.78, 5) is 12.4. The number of rotatable bonds is 0. The van der Waals surface area contributed by atoms with Gasteiger partial charge in [-0.1, -0.05) is 19.6 Å². The minimum absolute atomic E-state index is 0. The fourth-order valence-electron chi connectivity index (χ4n) is 2.57. The summed E-state index contributed by atoms with van der Waals surface area (Å²) in [6, 6.07) is 9.91. The van der Waals surface area contributed by atoms with Gasteiger partial charge in [-0.25, -0.2) is 9.37 Å². The monoisotopic (exact) mass is 323 g/mol. The highest BCUT2D eigenvalue weighted by molar-refractivity contribution is 5.60. The van der Waals surface area contributed by atoms with Gasteiger partial charge in [0, 0.05) is 11.9 Å². The number of aromatic nitrogens is 3. The predicted molar refractivity (Wildman–Crippen MR) is 93.4 cm³/mol. The molecule has 0 fully saturated rings. The highest BCUT2D eigenvalue weighted by atomic mass is 19.1. The Morgan fingerprint density at radius 2 is 1.75 bits per heavy atom. The fraction of sp³-hybridized carbons (Fsp3) is 0.167. The van der Waals surface area contributed by atoms with Gasteiger partial charge in [0.2, 0.25) is 5.95 Å². The van der Waals surface area contributed by atoms with E-state index in [4.69, 9.17) is 0 Å². The van der Waals surface area contributed by atoms with Crippen LogP contribution in [0, 0.1) is 5.82 Å². The number of hydrogen-bond acceptors (Lipinski definition) is 5. The quantitative estimate of drug-likeness (QED) is 0.648. The van der Waals surface area contributed by atoms with E-state index >= 15 is 0 Å². The molecule has 1 aliphatic heterocycles. The Labute approximate surface area is 140 Å². The minimum atomic E-state index is -0.497. The van der Waals surface area contributed by atoms with E-state index in [0.29, 0.717) is 5.95 Å². The standard InChI is InChI=1S/C17H14FN5.CH4/c18-15-10-20-17-22-14-7-12(8-19-9-14)5-4-11-2-1-3-13(6-11)21-16(15)23-17;/h1-3,6-10H,4-5H2,(H2,20,21,22,23);1H4. The molecule has 1 aromatic carbocycles. The molecular formula is C18H18FN5. The molecule has 5 nitrogen and oxygen atoms in total. The van der Waals surface area contributed by atoms with Crippen LogP contribution in [0.25, 0.3) is 0 Å². The van der Waals surface area contributed by atoms with Gasteiger partial charge in [0.05, 0.1) is 18.1 Å². The molecule has 4 rings (SSSR count). The van der Waals surface area contributed by atoms with Crippen LogP contribution < -0.4 is 10.6 Å². The van der Waals surface area contributed by atoms with Crippen molar-refractivity contribution in [1.29, 1.82) is 0 Å². The summed E-state index contributed by atoms with van der Waals surface area (Å²) in [7, 11) is 0. The highest BCUT2D eigenvalue weighted by Crippen LogP contribution is 2.23. The largest absolute Gasteiger partial charge is 0.338 e. The molecule has 2 aromatic heterocycles. The molecule has 0 aliphatic carbocycles. The summed E-state index contributed by atoms with van der Waals surface area (Å²) in [5.74, 6) is -0.0334. The lowest BCUT2D eigenvalue weighted by Crippen LogP contribution is -2.03. The summed E-state index contributed by atoms with van der Waals surface area (Å²) in [5.41, 5.74) is 3.87. The highest BCUT2D eigenvalue weighted by Gasteiger charge is 2.10. The van der Waals surface area contributed by atoms with E-state index in [1.807, 2.05) is 30.5 Å². The molecule has 1 aliphatic rings. The van der Waals surface area contributed by atoms with Crippen molar-refractivity contribution in [2.45, 2.75) is 20.3 Å². The first-order chi connectivity index (χ1) is 11.3. The molecule has 0 spiro atoms. The van der Waals surface area contributed by atoms with Crippen LogP contribution in [0.2, 0.25) is 0 Å². The molecule has 3 heterocycles. The van der Waals surface area contributed by atoms with Crippen LogP contribution in [0.15, 0.2) is 48.9 Å². The van der Waals surface area contributed by atoms with Crippen LogP contribution in [0.4, 0.5) is 27.5 Å². The third kappa shape index (κ3) is 3.32. The van der Waals surface area contributed by atoms with Crippen LogP contribution in [-0.2, 0) is 12.8 Å². The number of nitrogens with zero attached hydrogens (tertiary/aromatic N) is 3. The second-order valence-corrected chi connectivity index (χ2v) is 5.42. The number of hydrogen-bond donors (Lipinski definition) is 2. The van der Waals surface area contributed by atoms with Gasteiger partial charge in [-0.05, 0) is 42.2 Å². The summed E-state index contributed by atoms with van der Waals surface area (Å²) in [6.45, 7) is 0. The molecule has 122 valence electrons. The first-order valence-electron chi connectivity index (χ1n) is 7.36. The summed E-state index contributed by atoms with van der Waals surface area (Å²) in [6.07, 6.45) is 6.45. The van der Waals surface area contributed by atoms with E-state index in [0.717, 1.165) is 36.0 Å². The van der Waals surface area contributed by atoms with Crippen molar-refractivity contribution in [3.63, 3.8) is 0 Å². The maximum Gasteiger partial charge on any atom is 0.229 e. The molecular weight excluding hydrogens is 305 g/mol. The number of nitrogens with one attached hydrogen (secondary N) is 2. The Balaban J connectivity index is 0.00000169. The normalized spacial score (nSPS) is 12.4. The Hall–Kier alpha value is -3.02. The van der Waals surface area contributed by atoms with E-state index in [1.54, 1.807) is 6.20 Å². The van der Waals surface area contributed by atoms with Gasteiger partial charge in [0.25, 0.3) is 0 Å². The zero-order valence-corrected chi connectivity index (χ0v) is 12.3. The van der Waals surface area contributed by atoms with Crippen molar-refractivity contribution in [3.8, 4) is 0 Å². The number of benzene rings is 1. The van der Waals surface area contributed by atoms with Crippen LogP contribution >= 0.6 is 0 Å². The van der Waals surface area contributed by atoms with E-state index in [2.05, 4.69) is 31.7 Å². The smallest absolute Gasteiger partial charge is 0.229 e. The first kappa shape index (κ1) is 15.9. The molecule has 3 aromatic rings. The Bertz CT molecular complexity index is 866. The first-order valence-corrected chi connectivity index (χ1v) is 7.36. The van der Waals surface area contributed by atoms with Crippen molar-refractivity contribution in [1.82, 2.24) is 15.0 Å². The van der Waals surface area contributed by atoms with Crippen molar-refractivity contribution in [2.75, 3.05) is 10.6 Å². The third-order valence-corrected chi connectivity index (χ3v) is 3.69. The third-order valence-electron chi connectivity index (χ3n) is 3.69. The number of pyridine rings is 1. The van der Waals surface area contributed by atoms with Gasteiger partial charge in [-0.3, -0.25) is 4.98 Å². The summed E-state index contributed by atoms with van der Waals surface area (Å²) >= 11 is 0. The van der Waals surface area contributed by atoms with E-state index in [-0.39, 0.29) is 13.2 Å². The van der Waals surface area contributed by atoms with Gasteiger partial charge < -0.3 is 10.6 Å². The molecule has 24 heavy (non-hydrogen) atoms. The average Bonchev–Trinajstić information content (AvgIpc) is 2.57. The molecule has 0 unspecified atom stereocenters. The number of halogens is 1. The maximum atomic E-state index is 14.0. The minimum Gasteiger partial charge on any atom is -0.338 e. The van der Waals surface area contributed by atoms with Crippen LogP contribution in [0.5, 0.6) is 0 Å². The number of aryl methyl sites for hydroxylation is 2. The second kappa shape index (κ2) is 6.62. The average molecular weight is 323 g/mol. The Morgan fingerprint density at radius 3 is 2.67 bits per heavy atom. The number of fused-ring (bicyclic) bond motifs is 6. The topological polar surface area (TPSA) is 62.7 Å². The van der Waals surface area contributed by atoms with Crippen LogP contribution in [0.1, 0.15) is 18.6 Å². The zero-order valence-electron chi connectivity index (χ0n) is 12.3. The molecule has 0 saturated carbocycles. The number of anilines is 4. The van der Waals surface area contributed by atoms with Crippen LogP contribution in [-0.4, -0.2) is 15.0 Å². The lowest BCUT2D eigenvalue weighted by molar-refractivity contribution is 0.619. The lowest BCUT2D eigenvalue weighted by atomic mass is 10.0. The van der Waals surface area contributed by atoms with Gasteiger partial charge in [-0.15, -0.1) is 0 Å². The second-order valence-electron chi connectivity index (χ2n) is 5.42. The summed E-state index contributed by atoms with van der Waals surface area (Å²) in [5, 5.41) is 6.08. The Morgan fingerprint density at radius 1 is 0.917 bits per heavy atom. The molecule has 0 saturated heterocycles. The van der Waals surface area contributed by atoms with Gasteiger partial charge >= 0.3 is 0 Å². The molecule has 0 atom stereocenters. The van der Waals surface area contributed by atoms with Crippen molar-refractivity contribution >= 4 is 23.1 Å². The molecule has 6 heteroatoms. The fourth-order valence-corrected chi connectivity index (χ4v) is 2.57. The van der Waals surface area contributed by atoms with Gasteiger partial charge in [0.1, 0.15) is 0 Å². The zero-order chi connectivity index (χ0) is 15.6. The van der Waals surface area contributed by atoms with Gasteiger partial charge in [-0.2, -0.15) is 4.98 Å². The Kier molecular flexibility index (Phi) is 4.37. The SMILES string of the molecule is C.Fc1cnc2nc1Nc1cccc(c1)CCc1cncc(c1)N2. The maximum absolute atomic E-state index is 14.0. The molecule has 2 N–H and O–H groups in total. The van der Waals surface area contributed by atoms with Crippen molar-refractivity contribution in [3.05, 3.63) is 65.9 Å². The van der Waals surface area contributed by atoms with Gasteiger partial charge in [0.15, 0.2) is 11.6 Å². The van der Waals surface area contributed by atoms with Crippen molar-refractivity contribution in [2.24, 2.45) is 0 Å². The lowest BCUT2D eigenvalue weighted by Gasteiger charge is -2.09. The van der Waals surface area contributed by atoms with E-state index in [9.17, 15) is 4.39 Å².